The number of benzene rings is 1. The minimum absolute atomic E-state index is 0.446. The van der Waals surface area contributed by atoms with Crippen molar-refractivity contribution < 1.29 is 9.84 Å². The van der Waals surface area contributed by atoms with Gasteiger partial charge in [-0.2, -0.15) is 0 Å². The van der Waals surface area contributed by atoms with Crippen LogP contribution in [0.15, 0.2) is 30.3 Å². The molecule has 0 spiro atoms. The lowest BCUT2D eigenvalue weighted by atomic mass is 10.0. The van der Waals surface area contributed by atoms with Crippen LogP contribution < -0.4 is 4.74 Å². The van der Waals surface area contributed by atoms with E-state index in [0.717, 1.165) is 5.56 Å². The molecule has 19 heavy (non-hydrogen) atoms. The van der Waals surface area contributed by atoms with Crippen LogP contribution >= 0.6 is 0 Å². The second kappa shape index (κ2) is 5.80. The second-order valence-corrected chi connectivity index (χ2v) is 4.64. The molecule has 4 nitrogen and oxygen atoms in total. The summed E-state index contributed by atoms with van der Waals surface area (Å²) in [6.45, 7) is 4.14. The Balaban J connectivity index is 2.10. The molecule has 1 N–H and O–H groups in total. The topological polar surface area (TPSA) is 55.2 Å². The summed E-state index contributed by atoms with van der Waals surface area (Å²) in [5.74, 6) is 0.446. The molecule has 0 amide bonds. The Morgan fingerprint density at radius 2 is 1.89 bits per heavy atom. The summed E-state index contributed by atoms with van der Waals surface area (Å²) in [6, 6.07) is 9.62. The molecule has 0 aliphatic rings. The van der Waals surface area contributed by atoms with Crippen LogP contribution in [0, 0.1) is 13.8 Å². The summed E-state index contributed by atoms with van der Waals surface area (Å²) in [4.78, 5) is 0. The number of hydrogen-bond acceptors (Lipinski definition) is 4. The van der Waals surface area contributed by atoms with Crippen molar-refractivity contribution in [1.29, 1.82) is 0 Å². The van der Waals surface area contributed by atoms with E-state index in [1.54, 1.807) is 12.1 Å². The van der Waals surface area contributed by atoms with Gasteiger partial charge in [-0.3, -0.25) is 0 Å². The van der Waals surface area contributed by atoms with Crippen LogP contribution in [0.1, 0.15) is 28.5 Å². The smallest absolute Gasteiger partial charge is 0.233 e. The van der Waals surface area contributed by atoms with Crippen molar-refractivity contribution in [3.63, 3.8) is 0 Å². The number of aliphatic hydroxyl groups excluding tert-OH is 1. The van der Waals surface area contributed by atoms with Gasteiger partial charge in [-0.1, -0.05) is 18.2 Å². The maximum Gasteiger partial charge on any atom is 0.233 e. The summed E-state index contributed by atoms with van der Waals surface area (Å²) >= 11 is 0. The predicted molar refractivity (Wildman–Crippen MR) is 73.2 cm³/mol. The number of aryl methyl sites for hydroxylation is 2. The number of methoxy groups -OCH3 is 1. The van der Waals surface area contributed by atoms with Crippen LogP contribution in [0.2, 0.25) is 0 Å². The van der Waals surface area contributed by atoms with Gasteiger partial charge in [0.25, 0.3) is 0 Å². The maximum absolute atomic E-state index is 10.2. The Labute approximate surface area is 113 Å². The number of hydrogen-bond donors (Lipinski definition) is 1. The molecule has 1 heterocycles. The van der Waals surface area contributed by atoms with Gasteiger partial charge in [-0.05, 0) is 36.6 Å². The molecule has 0 saturated heterocycles. The molecule has 0 radical (unpaired) electrons. The van der Waals surface area contributed by atoms with Gasteiger partial charge in [0.2, 0.25) is 5.88 Å². The van der Waals surface area contributed by atoms with Gasteiger partial charge < -0.3 is 9.84 Å². The van der Waals surface area contributed by atoms with E-state index in [-0.39, 0.29) is 0 Å². The zero-order valence-electron chi connectivity index (χ0n) is 11.4. The molecule has 0 bridgehead atoms. The SMILES string of the molecule is COc1ccc(C(O)Cc2ccc(C)c(C)c2)nn1. The van der Waals surface area contributed by atoms with E-state index in [1.165, 1.54) is 18.2 Å². The molecule has 0 saturated carbocycles. The molecule has 1 atom stereocenters. The van der Waals surface area contributed by atoms with Crippen molar-refractivity contribution in [1.82, 2.24) is 10.2 Å². The first-order valence-electron chi connectivity index (χ1n) is 6.22. The van der Waals surface area contributed by atoms with Crippen LogP contribution in [-0.2, 0) is 6.42 Å². The fourth-order valence-electron chi connectivity index (χ4n) is 1.88. The lowest BCUT2D eigenvalue weighted by Gasteiger charge is -2.11. The van der Waals surface area contributed by atoms with Crippen molar-refractivity contribution in [2.24, 2.45) is 0 Å². The lowest BCUT2D eigenvalue weighted by Crippen LogP contribution is -2.06. The van der Waals surface area contributed by atoms with E-state index < -0.39 is 6.10 Å². The fourth-order valence-corrected chi connectivity index (χ4v) is 1.88. The normalized spacial score (nSPS) is 12.2. The van der Waals surface area contributed by atoms with Gasteiger partial charge in [0.15, 0.2) is 0 Å². The van der Waals surface area contributed by atoms with Gasteiger partial charge in [0.1, 0.15) is 6.10 Å². The van der Waals surface area contributed by atoms with Gasteiger partial charge in [0.05, 0.1) is 12.8 Å². The number of aliphatic hydroxyl groups is 1. The maximum atomic E-state index is 10.2. The van der Waals surface area contributed by atoms with Crippen LogP contribution in [0.4, 0.5) is 0 Å². The molecule has 0 aliphatic heterocycles. The van der Waals surface area contributed by atoms with E-state index >= 15 is 0 Å². The molecule has 2 rings (SSSR count). The summed E-state index contributed by atoms with van der Waals surface area (Å²) in [5.41, 5.74) is 4.13. The Morgan fingerprint density at radius 1 is 1.11 bits per heavy atom. The average molecular weight is 258 g/mol. The van der Waals surface area contributed by atoms with Gasteiger partial charge in [0, 0.05) is 12.5 Å². The number of rotatable bonds is 4. The van der Waals surface area contributed by atoms with Crippen LogP contribution in [0.25, 0.3) is 0 Å². The van der Waals surface area contributed by atoms with E-state index in [9.17, 15) is 5.11 Å². The van der Waals surface area contributed by atoms with Crippen molar-refractivity contribution in [3.8, 4) is 5.88 Å². The molecular formula is C15H18N2O2. The molecule has 0 aliphatic carbocycles. The molecule has 0 fully saturated rings. The first-order chi connectivity index (χ1) is 9.10. The fraction of sp³-hybridized carbons (Fsp3) is 0.333. The van der Waals surface area contributed by atoms with Gasteiger partial charge >= 0.3 is 0 Å². The molecule has 1 aromatic carbocycles. The van der Waals surface area contributed by atoms with Crippen LogP contribution in [0.5, 0.6) is 5.88 Å². The van der Waals surface area contributed by atoms with E-state index in [2.05, 4.69) is 36.2 Å². The minimum atomic E-state index is -0.652. The monoisotopic (exact) mass is 258 g/mol. The standard InChI is InChI=1S/C15H18N2O2/c1-10-4-5-12(8-11(10)2)9-14(18)13-6-7-15(19-3)17-16-13/h4-8,14,18H,9H2,1-3H3. The zero-order valence-corrected chi connectivity index (χ0v) is 11.4. The summed E-state index contributed by atoms with van der Waals surface area (Å²) in [6.07, 6.45) is -0.122. The molecule has 2 aromatic rings. The highest BCUT2D eigenvalue weighted by Gasteiger charge is 2.11. The van der Waals surface area contributed by atoms with Crippen molar-refractivity contribution in [2.75, 3.05) is 7.11 Å². The average Bonchev–Trinajstić information content (AvgIpc) is 2.43. The number of aromatic nitrogens is 2. The lowest BCUT2D eigenvalue weighted by molar-refractivity contribution is 0.172. The van der Waals surface area contributed by atoms with Gasteiger partial charge in [-0.15, -0.1) is 10.2 Å². The highest BCUT2D eigenvalue weighted by atomic mass is 16.5. The first kappa shape index (κ1) is 13.5. The van der Waals surface area contributed by atoms with Crippen molar-refractivity contribution in [3.05, 3.63) is 52.7 Å². The second-order valence-electron chi connectivity index (χ2n) is 4.64. The van der Waals surface area contributed by atoms with Crippen LogP contribution in [-0.4, -0.2) is 22.4 Å². The highest BCUT2D eigenvalue weighted by molar-refractivity contribution is 5.30. The summed E-state index contributed by atoms with van der Waals surface area (Å²) < 4.78 is 4.94. The molecule has 1 aromatic heterocycles. The molecule has 100 valence electrons. The third-order valence-corrected chi connectivity index (χ3v) is 3.21. The molecule has 1 unspecified atom stereocenters. The summed E-state index contributed by atoms with van der Waals surface area (Å²) in [5, 5.41) is 18.0. The number of nitrogens with zero attached hydrogens (tertiary/aromatic N) is 2. The molecular weight excluding hydrogens is 240 g/mol. The minimum Gasteiger partial charge on any atom is -0.480 e. The Hall–Kier alpha value is -1.94. The summed E-state index contributed by atoms with van der Waals surface area (Å²) in [7, 11) is 1.54. The van der Waals surface area contributed by atoms with E-state index in [1.807, 2.05) is 6.07 Å². The Bertz CT molecular complexity index is 553. The quantitative estimate of drug-likeness (QED) is 0.914. The number of ether oxygens (including phenoxy) is 1. The van der Waals surface area contributed by atoms with Crippen LogP contribution in [0.3, 0.4) is 0 Å². The van der Waals surface area contributed by atoms with Crippen molar-refractivity contribution >= 4 is 0 Å². The van der Waals surface area contributed by atoms with E-state index in [4.69, 9.17) is 4.74 Å². The Kier molecular flexibility index (Phi) is 4.12. The Morgan fingerprint density at radius 3 is 2.47 bits per heavy atom. The first-order valence-corrected chi connectivity index (χ1v) is 6.22. The third kappa shape index (κ3) is 3.29. The van der Waals surface area contributed by atoms with E-state index in [0.29, 0.717) is 18.0 Å². The predicted octanol–water partition coefficient (Wildman–Crippen LogP) is 2.38. The third-order valence-electron chi connectivity index (χ3n) is 3.21. The highest BCUT2D eigenvalue weighted by Crippen LogP contribution is 2.19. The van der Waals surface area contributed by atoms with Crippen molar-refractivity contribution in [2.45, 2.75) is 26.4 Å². The zero-order chi connectivity index (χ0) is 13.8. The molecule has 4 heteroatoms. The largest absolute Gasteiger partial charge is 0.480 e. The van der Waals surface area contributed by atoms with Gasteiger partial charge in [-0.25, -0.2) is 0 Å².